The van der Waals surface area contributed by atoms with Crippen LogP contribution in [-0.4, -0.2) is 67.1 Å². The highest BCUT2D eigenvalue weighted by atomic mass is 19.4. The first-order valence-corrected chi connectivity index (χ1v) is 14.7. The van der Waals surface area contributed by atoms with Crippen LogP contribution >= 0.6 is 0 Å². The van der Waals surface area contributed by atoms with Crippen molar-refractivity contribution in [2.75, 3.05) is 50.1 Å². The Morgan fingerprint density at radius 1 is 0.915 bits per heavy atom. The van der Waals surface area contributed by atoms with Gasteiger partial charge in [-0.15, -0.1) is 0 Å². The van der Waals surface area contributed by atoms with Crippen LogP contribution in [0.3, 0.4) is 0 Å². The van der Waals surface area contributed by atoms with Crippen molar-refractivity contribution in [2.24, 2.45) is 5.73 Å². The van der Waals surface area contributed by atoms with Gasteiger partial charge in [0.2, 0.25) is 0 Å². The van der Waals surface area contributed by atoms with Gasteiger partial charge in [0.25, 0.3) is 17.7 Å². The van der Waals surface area contributed by atoms with Gasteiger partial charge in [-0.1, -0.05) is 18.2 Å². The molecule has 244 valence electrons. The van der Waals surface area contributed by atoms with E-state index in [1.165, 1.54) is 30.5 Å². The lowest BCUT2D eigenvalue weighted by Gasteiger charge is -2.26. The average Bonchev–Trinajstić information content (AvgIpc) is 3.06. The molecule has 0 unspecified atom stereocenters. The number of aryl methyl sites for hydroxylation is 1. The van der Waals surface area contributed by atoms with E-state index in [-0.39, 0.29) is 22.4 Å². The summed E-state index contributed by atoms with van der Waals surface area (Å²) in [5, 5.41) is 5.25. The molecule has 4 aromatic rings. The molecule has 0 radical (unpaired) electrons. The second kappa shape index (κ2) is 14.4. The van der Waals surface area contributed by atoms with E-state index in [0.717, 1.165) is 25.2 Å². The van der Waals surface area contributed by atoms with E-state index in [1.807, 2.05) is 0 Å². The van der Waals surface area contributed by atoms with E-state index in [4.69, 9.17) is 15.2 Å². The fraction of sp³-hybridized carbons (Fsp3) is 0.235. The molecule has 2 heterocycles. The lowest BCUT2D eigenvalue weighted by atomic mass is 10.0. The highest BCUT2D eigenvalue weighted by Crippen LogP contribution is 2.31. The summed E-state index contributed by atoms with van der Waals surface area (Å²) in [7, 11) is 0. The van der Waals surface area contributed by atoms with Crippen LogP contribution in [0.5, 0.6) is 5.75 Å². The number of nitrogens with one attached hydrogen (secondary N) is 2. The summed E-state index contributed by atoms with van der Waals surface area (Å²) >= 11 is 0. The summed E-state index contributed by atoms with van der Waals surface area (Å²) in [5.41, 5.74) is 7.45. The smallest absolute Gasteiger partial charge is 0.416 e. The molecule has 0 aliphatic carbocycles. The number of pyridine rings is 1. The first-order chi connectivity index (χ1) is 22.5. The Morgan fingerprint density at radius 3 is 2.43 bits per heavy atom. The number of rotatable bonds is 10. The molecule has 4 N–H and O–H groups in total. The second-order valence-electron chi connectivity index (χ2n) is 10.9. The Morgan fingerprint density at radius 2 is 1.68 bits per heavy atom. The van der Waals surface area contributed by atoms with Crippen LogP contribution in [-0.2, 0) is 10.9 Å². The number of aromatic nitrogens is 1. The number of hydrogen-bond acceptors (Lipinski definition) is 7. The standard InChI is InChI=1S/C34H32F3N5O5/c1-21-5-6-23(32(44)40-27-4-2-3-26(18-27)34(35,36)37)16-29(21)41-33(45)25-15-24(19-39-20-25)22-7-8-28(31(38)43)30(17-22)47-14-11-42-9-12-46-13-10-42/h2-8,15-20H,9-14H2,1H3,(H2,38,43)(H,40,44)(H,41,45). The van der Waals surface area contributed by atoms with Crippen molar-refractivity contribution in [1.82, 2.24) is 9.88 Å². The first kappa shape index (κ1) is 33.1. The minimum Gasteiger partial charge on any atom is -0.491 e. The minimum atomic E-state index is -4.56. The minimum absolute atomic E-state index is 0.0200. The molecule has 1 aliphatic rings. The largest absolute Gasteiger partial charge is 0.491 e. The number of benzene rings is 3. The van der Waals surface area contributed by atoms with Crippen molar-refractivity contribution in [2.45, 2.75) is 13.1 Å². The molecule has 0 saturated carbocycles. The molecule has 1 saturated heterocycles. The van der Waals surface area contributed by atoms with Gasteiger partial charge in [0, 0.05) is 54.5 Å². The number of primary amides is 1. The number of morpholine rings is 1. The van der Waals surface area contributed by atoms with Crippen molar-refractivity contribution in [1.29, 1.82) is 0 Å². The van der Waals surface area contributed by atoms with Crippen LogP contribution in [0, 0.1) is 6.92 Å². The Kier molecular flexibility index (Phi) is 10.2. The maximum Gasteiger partial charge on any atom is 0.416 e. The number of nitrogens with zero attached hydrogens (tertiary/aromatic N) is 2. The number of amides is 3. The number of halogens is 3. The predicted molar refractivity (Wildman–Crippen MR) is 169 cm³/mol. The third kappa shape index (κ3) is 8.51. The summed E-state index contributed by atoms with van der Waals surface area (Å²) < 4.78 is 50.6. The highest BCUT2D eigenvalue weighted by Gasteiger charge is 2.30. The van der Waals surface area contributed by atoms with Gasteiger partial charge in [-0.3, -0.25) is 24.3 Å². The van der Waals surface area contributed by atoms with E-state index in [9.17, 15) is 27.6 Å². The lowest BCUT2D eigenvalue weighted by Crippen LogP contribution is -2.38. The molecule has 0 spiro atoms. The average molecular weight is 648 g/mol. The van der Waals surface area contributed by atoms with Gasteiger partial charge in [-0.2, -0.15) is 13.2 Å². The Bertz CT molecular complexity index is 1790. The summed E-state index contributed by atoms with van der Waals surface area (Å²) in [6.07, 6.45) is -1.60. The topological polar surface area (TPSA) is 136 Å². The number of alkyl halides is 3. The van der Waals surface area contributed by atoms with Crippen LogP contribution < -0.4 is 21.1 Å². The quantitative estimate of drug-likeness (QED) is 0.210. The second-order valence-corrected chi connectivity index (χ2v) is 10.9. The van der Waals surface area contributed by atoms with Gasteiger partial charge in [0.15, 0.2) is 0 Å². The fourth-order valence-electron chi connectivity index (χ4n) is 4.93. The molecule has 3 aromatic carbocycles. The van der Waals surface area contributed by atoms with E-state index >= 15 is 0 Å². The van der Waals surface area contributed by atoms with Crippen LogP contribution in [0.15, 0.2) is 79.1 Å². The molecular weight excluding hydrogens is 615 g/mol. The van der Waals surface area contributed by atoms with Crippen molar-refractivity contribution < 1.29 is 37.0 Å². The van der Waals surface area contributed by atoms with Crippen molar-refractivity contribution in [3.63, 3.8) is 0 Å². The fourth-order valence-corrected chi connectivity index (χ4v) is 4.93. The SMILES string of the molecule is Cc1ccc(C(=O)Nc2cccc(C(F)(F)F)c2)cc1NC(=O)c1cncc(-c2ccc(C(N)=O)c(OCCN3CCOCC3)c2)c1. The van der Waals surface area contributed by atoms with E-state index < -0.39 is 29.5 Å². The molecule has 0 bridgehead atoms. The normalized spacial score (nSPS) is 13.5. The van der Waals surface area contributed by atoms with E-state index in [1.54, 1.807) is 43.5 Å². The molecule has 1 aliphatic heterocycles. The molecule has 47 heavy (non-hydrogen) atoms. The predicted octanol–water partition coefficient (Wildman–Crippen LogP) is 5.39. The maximum atomic E-state index is 13.3. The number of anilines is 2. The summed E-state index contributed by atoms with van der Waals surface area (Å²) in [4.78, 5) is 44.7. The zero-order valence-corrected chi connectivity index (χ0v) is 25.4. The van der Waals surface area contributed by atoms with E-state index in [0.29, 0.717) is 54.5 Å². The lowest BCUT2D eigenvalue weighted by molar-refractivity contribution is -0.137. The van der Waals surface area contributed by atoms with Crippen molar-refractivity contribution in [3.8, 4) is 16.9 Å². The molecule has 0 atom stereocenters. The first-order valence-electron chi connectivity index (χ1n) is 14.7. The third-order valence-electron chi connectivity index (χ3n) is 7.55. The molecule has 1 aromatic heterocycles. The third-order valence-corrected chi connectivity index (χ3v) is 7.55. The van der Waals surface area contributed by atoms with Crippen molar-refractivity contribution >= 4 is 29.1 Å². The molecule has 3 amide bonds. The van der Waals surface area contributed by atoms with Gasteiger partial charge in [-0.05, 0) is 66.6 Å². The number of ether oxygens (including phenoxy) is 2. The molecular formula is C34H32F3N5O5. The van der Waals surface area contributed by atoms with Crippen LogP contribution in [0.1, 0.15) is 42.2 Å². The van der Waals surface area contributed by atoms with Gasteiger partial charge in [-0.25, -0.2) is 0 Å². The monoisotopic (exact) mass is 647 g/mol. The number of carbonyl (C=O) groups excluding carboxylic acids is 3. The van der Waals surface area contributed by atoms with Crippen LogP contribution in [0.4, 0.5) is 24.5 Å². The summed E-state index contributed by atoms with van der Waals surface area (Å²) in [5.74, 6) is -1.47. The highest BCUT2D eigenvalue weighted by molar-refractivity contribution is 6.08. The van der Waals surface area contributed by atoms with Crippen molar-refractivity contribution in [3.05, 3.63) is 107 Å². The Labute approximate surface area is 268 Å². The summed E-state index contributed by atoms with van der Waals surface area (Å²) in [6, 6.07) is 15.4. The maximum absolute atomic E-state index is 13.3. The Balaban J connectivity index is 1.30. The zero-order valence-electron chi connectivity index (χ0n) is 25.4. The zero-order chi connectivity index (χ0) is 33.6. The summed E-state index contributed by atoms with van der Waals surface area (Å²) in [6.45, 7) is 5.62. The number of carbonyl (C=O) groups is 3. The van der Waals surface area contributed by atoms with Gasteiger partial charge in [0.1, 0.15) is 12.4 Å². The number of hydrogen-bond donors (Lipinski definition) is 3. The molecule has 13 heteroatoms. The van der Waals surface area contributed by atoms with Gasteiger partial charge >= 0.3 is 6.18 Å². The van der Waals surface area contributed by atoms with E-state index in [2.05, 4.69) is 20.5 Å². The van der Waals surface area contributed by atoms with Crippen LogP contribution in [0.25, 0.3) is 11.1 Å². The van der Waals surface area contributed by atoms with Gasteiger partial charge < -0.3 is 25.8 Å². The molecule has 1 fully saturated rings. The molecule has 10 nitrogen and oxygen atoms in total. The van der Waals surface area contributed by atoms with Crippen LogP contribution in [0.2, 0.25) is 0 Å². The molecule has 5 rings (SSSR count). The van der Waals surface area contributed by atoms with Gasteiger partial charge in [0.05, 0.1) is 29.9 Å². The Hall–Kier alpha value is -5.27. The number of nitrogens with two attached hydrogens (primary N) is 1.